The molecule has 0 saturated heterocycles. The number of ether oxygens (including phenoxy) is 3. The van der Waals surface area contributed by atoms with Gasteiger partial charge in [0.15, 0.2) is 0 Å². The zero-order valence-electron chi connectivity index (χ0n) is 23.4. The van der Waals surface area contributed by atoms with Crippen LogP contribution in [0.3, 0.4) is 0 Å². The number of hydrogen-bond donors (Lipinski definition) is 1. The first-order valence-electron chi connectivity index (χ1n) is 14.4. The molecule has 3 rings (SSSR count). The molecule has 4 heteroatoms. The molecule has 1 aliphatic carbocycles. The van der Waals surface area contributed by atoms with Gasteiger partial charge in [0.05, 0.1) is 0 Å². The number of nitrogens with one attached hydrogen (secondary N) is 1. The Kier molecular flexibility index (Phi) is 11.3. The van der Waals surface area contributed by atoms with Gasteiger partial charge in [-0.3, -0.25) is 0 Å². The lowest BCUT2D eigenvalue weighted by Crippen LogP contribution is -2.52. The molecule has 0 radical (unpaired) electrons. The Hall–Kier alpha value is -1.88. The molecule has 0 fully saturated rings. The number of fused-ring (bicyclic) bond motifs is 1. The van der Waals surface area contributed by atoms with Crippen molar-refractivity contribution in [2.75, 3.05) is 19.8 Å². The molecule has 1 aromatic heterocycles. The van der Waals surface area contributed by atoms with Crippen molar-refractivity contribution in [1.29, 1.82) is 0 Å². The standard InChI is InChI=1S/C32H49NO3/c1-6-10-11-12-13-14-21-29(32(34-7-2,35-8-3)36-9-4)28-20-17-18-23-31(28,5)25-27-24-26-19-15-16-22-30(26)33-27/h15-20,22-24,28-29,33H,6-14,21,25H2,1-5H3. The van der Waals surface area contributed by atoms with Gasteiger partial charge in [-0.25, -0.2) is 0 Å². The van der Waals surface area contributed by atoms with E-state index in [4.69, 9.17) is 14.2 Å². The fourth-order valence-corrected chi connectivity index (χ4v) is 5.97. The van der Waals surface area contributed by atoms with Crippen LogP contribution in [0.1, 0.15) is 85.3 Å². The third kappa shape index (κ3) is 7.12. The number of aromatic nitrogens is 1. The summed E-state index contributed by atoms with van der Waals surface area (Å²) in [6.45, 7) is 12.4. The lowest BCUT2D eigenvalue weighted by atomic mass is 9.64. The Balaban J connectivity index is 1.92. The summed E-state index contributed by atoms with van der Waals surface area (Å²) in [6, 6.07) is 10.8. The molecule has 1 aliphatic rings. The van der Waals surface area contributed by atoms with Crippen molar-refractivity contribution < 1.29 is 14.2 Å². The molecular formula is C32H49NO3. The van der Waals surface area contributed by atoms with Crippen LogP contribution < -0.4 is 0 Å². The summed E-state index contributed by atoms with van der Waals surface area (Å²) in [5.74, 6) is -0.739. The highest BCUT2D eigenvalue weighted by molar-refractivity contribution is 5.80. The minimum atomic E-state index is -1.04. The quantitative estimate of drug-likeness (QED) is 0.176. The van der Waals surface area contributed by atoms with Gasteiger partial charge in [0.1, 0.15) is 0 Å². The summed E-state index contributed by atoms with van der Waals surface area (Å²) in [4.78, 5) is 3.66. The molecule has 0 amide bonds. The maximum absolute atomic E-state index is 6.40. The summed E-state index contributed by atoms with van der Waals surface area (Å²) >= 11 is 0. The van der Waals surface area contributed by atoms with Crippen LogP contribution in [-0.4, -0.2) is 30.8 Å². The number of benzene rings is 1. The molecule has 3 atom stereocenters. The van der Waals surface area contributed by atoms with Gasteiger partial charge in [-0.2, -0.15) is 0 Å². The van der Waals surface area contributed by atoms with Gasteiger partial charge in [0.25, 0.3) is 5.97 Å². The SMILES string of the molecule is CCCCCCCCC(C1C=CC=CC1(C)Cc1cc2ccccc2[nH]1)C(OCC)(OCC)OCC. The summed E-state index contributed by atoms with van der Waals surface area (Å²) in [6.07, 6.45) is 18.7. The average molecular weight is 496 g/mol. The van der Waals surface area contributed by atoms with E-state index in [1.807, 2.05) is 20.8 Å². The van der Waals surface area contributed by atoms with Gasteiger partial charge in [0.2, 0.25) is 0 Å². The van der Waals surface area contributed by atoms with Crippen molar-refractivity contribution in [2.45, 2.75) is 92.0 Å². The van der Waals surface area contributed by atoms with E-state index in [1.54, 1.807) is 0 Å². The maximum Gasteiger partial charge on any atom is 0.286 e. The first kappa shape index (κ1) is 28.7. The Morgan fingerprint density at radius 3 is 2.22 bits per heavy atom. The van der Waals surface area contributed by atoms with Crippen molar-refractivity contribution in [3.63, 3.8) is 0 Å². The van der Waals surface area contributed by atoms with Crippen molar-refractivity contribution in [2.24, 2.45) is 17.3 Å². The number of para-hydroxylation sites is 1. The molecule has 3 unspecified atom stereocenters. The fourth-order valence-electron chi connectivity index (χ4n) is 5.97. The molecule has 0 bridgehead atoms. The van der Waals surface area contributed by atoms with Crippen LogP contribution in [0.2, 0.25) is 0 Å². The molecule has 4 nitrogen and oxygen atoms in total. The summed E-state index contributed by atoms with van der Waals surface area (Å²) < 4.78 is 19.2. The van der Waals surface area contributed by atoms with Gasteiger partial charge in [-0.15, -0.1) is 0 Å². The normalized spacial score (nSPS) is 20.9. The van der Waals surface area contributed by atoms with Crippen molar-refractivity contribution >= 4 is 10.9 Å². The summed E-state index contributed by atoms with van der Waals surface area (Å²) in [5, 5.41) is 1.26. The molecule has 0 aliphatic heterocycles. The maximum atomic E-state index is 6.40. The zero-order valence-corrected chi connectivity index (χ0v) is 23.4. The van der Waals surface area contributed by atoms with Crippen LogP contribution in [-0.2, 0) is 20.6 Å². The van der Waals surface area contributed by atoms with E-state index in [0.29, 0.717) is 19.8 Å². The largest absolute Gasteiger partial charge is 0.358 e. The highest BCUT2D eigenvalue weighted by Crippen LogP contribution is 2.48. The molecular weight excluding hydrogens is 446 g/mol. The molecule has 0 spiro atoms. The number of unbranched alkanes of at least 4 members (excludes halogenated alkanes) is 5. The highest BCUT2D eigenvalue weighted by atomic mass is 16.9. The average Bonchev–Trinajstić information content (AvgIpc) is 3.26. The van der Waals surface area contributed by atoms with Crippen molar-refractivity contribution in [3.8, 4) is 0 Å². The molecule has 1 aromatic carbocycles. The Morgan fingerprint density at radius 2 is 1.56 bits per heavy atom. The second kappa shape index (κ2) is 14.2. The van der Waals surface area contributed by atoms with Gasteiger partial charge in [-0.1, -0.05) is 94.9 Å². The third-order valence-corrected chi connectivity index (χ3v) is 7.62. The summed E-state index contributed by atoms with van der Waals surface area (Å²) in [5.41, 5.74) is 2.36. The van der Waals surface area contributed by atoms with E-state index >= 15 is 0 Å². The smallest absolute Gasteiger partial charge is 0.286 e. The minimum absolute atomic E-state index is 0.0825. The number of allylic oxidation sites excluding steroid dienone is 4. The Morgan fingerprint density at radius 1 is 0.889 bits per heavy atom. The second-order valence-electron chi connectivity index (χ2n) is 10.4. The lowest BCUT2D eigenvalue weighted by molar-refractivity contribution is -0.409. The predicted molar refractivity (Wildman–Crippen MR) is 151 cm³/mol. The van der Waals surface area contributed by atoms with Crippen LogP contribution in [0.5, 0.6) is 0 Å². The van der Waals surface area contributed by atoms with E-state index in [0.717, 1.165) is 19.3 Å². The number of H-pyrrole nitrogens is 1. The summed E-state index contributed by atoms with van der Waals surface area (Å²) in [7, 11) is 0. The van der Waals surface area contributed by atoms with E-state index in [1.165, 1.54) is 48.7 Å². The fraction of sp³-hybridized carbons (Fsp3) is 0.625. The minimum Gasteiger partial charge on any atom is -0.358 e. The van der Waals surface area contributed by atoms with Crippen LogP contribution >= 0.6 is 0 Å². The van der Waals surface area contributed by atoms with E-state index in [-0.39, 0.29) is 17.3 Å². The van der Waals surface area contributed by atoms with Gasteiger partial charge < -0.3 is 19.2 Å². The predicted octanol–water partition coefficient (Wildman–Crippen LogP) is 8.59. The zero-order chi connectivity index (χ0) is 25.9. The van der Waals surface area contributed by atoms with Crippen LogP contribution in [0, 0.1) is 17.3 Å². The monoisotopic (exact) mass is 495 g/mol. The lowest BCUT2D eigenvalue weighted by Gasteiger charge is -2.47. The Bertz CT molecular complexity index is 911. The van der Waals surface area contributed by atoms with Crippen LogP contribution in [0.4, 0.5) is 0 Å². The van der Waals surface area contributed by atoms with Gasteiger partial charge in [0, 0.05) is 36.9 Å². The third-order valence-electron chi connectivity index (χ3n) is 7.62. The van der Waals surface area contributed by atoms with Crippen LogP contribution in [0.15, 0.2) is 54.6 Å². The topological polar surface area (TPSA) is 43.5 Å². The van der Waals surface area contributed by atoms with Crippen molar-refractivity contribution in [1.82, 2.24) is 4.98 Å². The van der Waals surface area contributed by atoms with Crippen LogP contribution in [0.25, 0.3) is 10.9 Å². The Labute approximate surface area is 219 Å². The van der Waals surface area contributed by atoms with Crippen molar-refractivity contribution in [3.05, 3.63) is 60.3 Å². The highest BCUT2D eigenvalue weighted by Gasteiger charge is 2.50. The molecule has 200 valence electrons. The number of hydrogen-bond acceptors (Lipinski definition) is 3. The van der Waals surface area contributed by atoms with E-state index in [2.05, 4.69) is 73.5 Å². The first-order chi connectivity index (χ1) is 17.5. The van der Waals surface area contributed by atoms with Gasteiger partial charge in [-0.05, 0) is 62.5 Å². The number of aromatic amines is 1. The molecule has 1 N–H and O–H groups in total. The second-order valence-corrected chi connectivity index (χ2v) is 10.4. The van der Waals surface area contributed by atoms with Gasteiger partial charge >= 0.3 is 0 Å². The molecule has 0 saturated carbocycles. The van der Waals surface area contributed by atoms with E-state index < -0.39 is 5.97 Å². The van der Waals surface area contributed by atoms with E-state index in [9.17, 15) is 0 Å². The molecule has 1 heterocycles. The molecule has 36 heavy (non-hydrogen) atoms. The number of rotatable bonds is 17. The first-order valence-corrected chi connectivity index (χ1v) is 14.4. The molecule has 2 aromatic rings.